The molecule has 0 atom stereocenters. The first-order valence-corrected chi connectivity index (χ1v) is 10.2. The standard InChI is InChI=1S/C23H15F2IN4O/c24-14-4-6-15(7-5-14)28-13-22(30-27)21-11-9-17-20(29-21)2-1-3-23(17)31-16-8-10-18(25)19(26)12-16/h1-13,27-28H/b22-13-,30-27?. The minimum Gasteiger partial charge on any atom is -0.457 e. The fourth-order valence-electron chi connectivity index (χ4n) is 2.89. The van der Waals surface area contributed by atoms with Crippen molar-refractivity contribution in [3.05, 3.63) is 99.9 Å². The summed E-state index contributed by atoms with van der Waals surface area (Å²) in [7, 11) is 0. The van der Waals surface area contributed by atoms with Gasteiger partial charge in [0.2, 0.25) is 0 Å². The van der Waals surface area contributed by atoms with Crippen LogP contribution in [0.5, 0.6) is 11.5 Å². The number of fused-ring (bicyclic) bond motifs is 1. The van der Waals surface area contributed by atoms with Crippen molar-refractivity contribution in [3.8, 4) is 11.5 Å². The highest BCUT2D eigenvalue weighted by molar-refractivity contribution is 14.1. The van der Waals surface area contributed by atoms with Gasteiger partial charge in [-0.05, 0) is 89.3 Å². The normalized spacial score (nSPS) is 11.4. The van der Waals surface area contributed by atoms with E-state index in [4.69, 9.17) is 10.3 Å². The molecule has 0 saturated heterocycles. The number of benzene rings is 3. The van der Waals surface area contributed by atoms with E-state index in [0.717, 1.165) is 5.39 Å². The zero-order valence-electron chi connectivity index (χ0n) is 15.9. The maximum Gasteiger partial charge on any atom is 0.136 e. The van der Waals surface area contributed by atoms with Crippen LogP contribution in [-0.4, -0.2) is 4.98 Å². The number of nitrogens with zero attached hydrogens (tertiary/aromatic N) is 2. The van der Waals surface area contributed by atoms with E-state index in [1.165, 1.54) is 24.4 Å². The number of hydrogen-bond donors (Lipinski definition) is 2. The third kappa shape index (κ3) is 4.85. The van der Waals surface area contributed by atoms with Crippen LogP contribution in [0.4, 0.5) is 14.5 Å². The highest BCUT2D eigenvalue weighted by atomic mass is 127. The first kappa shape index (κ1) is 20.9. The van der Waals surface area contributed by atoms with Crippen molar-refractivity contribution in [1.82, 2.24) is 4.98 Å². The van der Waals surface area contributed by atoms with Gasteiger partial charge in [0.1, 0.15) is 28.8 Å². The smallest absolute Gasteiger partial charge is 0.136 e. The zero-order valence-corrected chi connectivity index (χ0v) is 18.1. The van der Waals surface area contributed by atoms with E-state index in [1.807, 2.05) is 40.8 Å². The van der Waals surface area contributed by atoms with Gasteiger partial charge in [-0.25, -0.2) is 19.3 Å². The lowest BCUT2D eigenvalue weighted by molar-refractivity contribution is 0.485. The molecule has 3 aromatic carbocycles. The molecule has 0 spiro atoms. The van der Waals surface area contributed by atoms with Gasteiger partial charge in [-0.2, -0.15) is 5.11 Å². The molecule has 0 radical (unpaired) electrons. The molecule has 4 aromatic rings. The Bertz CT molecular complexity index is 1290. The summed E-state index contributed by atoms with van der Waals surface area (Å²) in [5.74, 6) is 0.471. The topological polar surface area (TPSA) is 70.4 Å². The third-order valence-corrected chi connectivity index (χ3v) is 5.24. The second kappa shape index (κ2) is 9.17. The maximum absolute atomic E-state index is 13.5. The molecular formula is C23H15F2IN4O. The monoisotopic (exact) mass is 528 g/mol. The highest BCUT2D eigenvalue weighted by Crippen LogP contribution is 2.31. The van der Waals surface area contributed by atoms with Crippen LogP contribution in [0.25, 0.3) is 16.6 Å². The molecule has 0 fully saturated rings. The molecule has 2 N–H and O–H groups in total. The lowest BCUT2D eigenvalue weighted by Crippen LogP contribution is -1.94. The first-order chi connectivity index (χ1) is 15.0. The number of ether oxygens (including phenoxy) is 1. The Morgan fingerprint density at radius 1 is 1.03 bits per heavy atom. The SMILES string of the molecule is N=N/C(=C\Nc1ccc(F)cc1)c1ccc2c(Oc3ccc(F)c(I)c3)cccc2n1. The van der Waals surface area contributed by atoms with E-state index < -0.39 is 0 Å². The van der Waals surface area contributed by atoms with Crippen LogP contribution in [0, 0.1) is 20.7 Å². The number of hydrogen-bond acceptors (Lipinski definition) is 5. The maximum atomic E-state index is 13.5. The van der Waals surface area contributed by atoms with Crippen molar-refractivity contribution >= 4 is 44.9 Å². The number of anilines is 1. The molecular weight excluding hydrogens is 513 g/mol. The number of rotatable bonds is 6. The average Bonchev–Trinajstić information content (AvgIpc) is 2.78. The van der Waals surface area contributed by atoms with Gasteiger partial charge in [-0.15, -0.1) is 0 Å². The molecule has 0 aliphatic carbocycles. The average molecular weight is 528 g/mol. The molecule has 31 heavy (non-hydrogen) atoms. The van der Waals surface area contributed by atoms with E-state index in [9.17, 15) is 8.78 Å². The molecule has 0 saturated carbocycles. The van der Waals surface area contributed by atoms with Gasteiger partial charge in [-0.1, -0.05) is 6.07 Å². The van der Waals surface area contributed by atoms with Crippen molar-refractivity contribution in [3.63, 3.8) is 0 Å². The summed E-state index contributed by atoms with van der Waals surface area (Å²) in [5, 5.41) is 7.30. The fraction of sp³-hybridized carbons (Fsp3) is 0. The van der Waals surface area contributed by atoms with Crippen LogP contribution in [-0.2, 0) is 0 Å². The largest absolute Gasteiger partial charge is 0.457 e. The third-order valence-electron chi connectivity index (χ3n) is 4.41. The van der Waals surface area contributed by atoms with Crippen LogP contribution < -0.4 is 10.1 Å². The number of aromatic nitrogens is 1. The Morgan fingerprint density at radius 3 is 2.58 bits per heavy atom. The van der Waals surface area contributed by atoms with Gasteiger partial charge in [-0.3, -0.25) is 0 Å². The van der Waals surface area contributed by atoms with Gasteiger partial charge in [0.15, 0.2) is 0 Å². The first-order valence-electron chi connectivity index (χ1n) is 9.16. The summed E-state index contributed by atoms with van der Waals surface area (Å²) in [6.45, 7) is 0. The second-order valence-electron chi connectivity index (χ2n) is 6.49. The lowest BCUT2D eigenvalue weighted by Gasteiger charge is -2.10. The van der Waals surface area contributed by atoms with E-state index in [0.29, 0.717) is 37.7 Å². The van der Waals surface area contributed by atoms with Crippen molar-refractivity contribution in [2.45, 2.75) is 0 Å². The van der Waals surface area contributed by atoms with Gasteiger partial charge >= 0.3 is 0 Å². The predicted molar refractivity (Wildman–Crippen MR) is 124 cm³/mol. The summed E-state index contributed by atoms with van der Waals surface area (Å²) in [4.78, 5) is 4.58. The molecule has 1 aromatic heterocycles. The highest BCUT2D eigenvalue weighted by Gasteiger charge is 2.09. The number of pyridine rings is 1. The lowest BCUT2D eigenvalue weighted by atomic mass is 10.1. The van der Waals surface area contributed by atoms with Crippen molar-refractivity contribution in [2.75, 3.05) is 5.32 Å². The molecule has 8 heteroatoms. The summed E-state index contributed by atoms with van der Waals surface area (Å²) in [6.07, 6.45) is 1.54. The van der Waals surface area contributed by atoms with E-state index >= 15 is 0 Å². The number of nitrogens with one attached hydrogen (secondary N) is 2. The minimum atomic E-state index is -0.329. The van der Waals surface area contributed by atoms with Crippen molar-refractivity contribution in [1.29, 1.82) is 5.53 Å². The van der Waals surface area contributed by atoms with Crippen LogP contribution in [0.1, 0.15) is 5.69 Å². The zero-order chi connectivity index (χ0) is 21.8. The van der Waals surface area contributed by atoms with Crippen LogP contribution in [0.2, 0.25) is 0 Å². The summed E-state index contributed by atoms with van der Waals surface area (Å²) >= 11 is 1.91. The summed E-state index contributed by atoms with van der Waals surface area (Å²) in [6, 6.07) is 19.4. The fourth-order valence-corrected chi connectivity index (χ4v) is 3.37. The molecule has 0 aliphatic heterocycles. The van der Waals surface area contributed by atoms with E-state index in [2.05, 4.69) is 15.4 Å². The van der Waals surface area contributed by atoms with Gasteiger partial charge in [0.05, 0.1) is 14.8 Å². The minimum absolute atomic E-state index is 0.301. The molecule has 0 amide bonds. The molecule has 154 valence electrons. The Kier molecular flexibility index (Phi) is 6.17. The van der Waals surface area contributed by atoms with Crippen LogP contribution in [0.15, 0.2) is 84.1 Å². The molecule has 1 heterocycles. The Labute approximate surface area is 190 Å². The predicted octanol–water partition coefficient (Wildman–Crippen LogP) is 7.35. The molecule has 0 unspecified atom stereocenters. The molecule has 4 rings (SSSR count). The van der Waals surface area contributed by atoms with Crippen molar-refractivity contribution in [2.24, 2.45) is 5.11 Å². The van der Waals surface area contributed by atoms with Crippen LogP contribution >= 0.6 is 22.6 Å². The quantitative estimate of drug-likeness (QED) is 0.203. The van der Waals surface area contributed by atoms with Crippen LogP contribution in [0.3, 0.4) is 0 Å². The van der Waals surface area contributed by atoms with E-state index in [-0.39, 0.29) is 11.6 Å². The van der Waals surface area contributed by atoms with Gasteiger partial charge < -0.3 is 10.1 Å². The van der Waals surface area contributed by atoms with E-state index in [1.54, 1.807) is 36.4 Å². The Hall–Kier alpha value is -3.40. The summed E-state index contributed by atoms with van der Waals surface area (Å²) in [5.41, 5.74) is 9.61. The second-order valence-corrected chi connectivity index (χ2v) is 7.65. The Morgan fingerprint density at radius 2 is 1.84 bits per heavy atom. The van der Waals surface area contributed by atoms with Crippen molar-refractivity contribution < 1.29 is 13.5 Å². The number of halogens is 3. The molecule has 0 bridgehead atoms. The molecule has 0 aliphatic rings. The summed E-state index contributed by atoms with van der Waals surface area (Å²) < 4.78 is 33.0. The Balaban J connectivity index is 1.62. The van der Waals surface area contributed by atoms with Gasteiger partial charge in [0.25, 0.3) is 0 Å². The van der Waals surface area contributed by atoms with Gasteiger partial charge in [0, 0.05) is 17.3 Å². The molecule has 5 nitrogen and oxygen atoms in total.